The highest BCUT2D eigenvalue weighted by atomic mass is 16.5. The second-order valence-electron chi connectivity index (χ2n) is 18.8. The number of nitrogens with two attached hydrogens (primary N) is 2. The molecular formula is C51H71N9O10. The van der Waals surface area contributed by atoms with Crippen molar-refractivity contribution in [2.45, 2.75) is 146 Å². The molecule has 19 nitrogen and oxygen atoms in total. The molecule has 0 saturated carbocycles. The zero-order chi connectivity index (χ0) is 50.3. The fraction of sp³-hybridized carbons (Fsp3) is 0.549. The minimum atomic E-state index is -1.53. The van der Waals surface area contributed by atoms with E-state index in [1.807, 2.05) is 18.2 Å². The summed E-state index contributed by atoms with van der Waals surface area (Å²) in [4.78, 5) is 102. The maximum Gasteiger partial charge on any atom is 0.251 e. The molecule has 2 unspecified atom stereocenters. The topological polar surface area (TPSA) is 288 Å². The number of amides is 7. The molecule has 3 saturated heterocycles. The molecule has 3 aliphatic heterocycles. The van der Waals surface area contributed by atoms with Crippen molar-refractivity contribution < 1.29 is 48.5 Å². The fourth-order valence-corrected chi connectivity index (χ4v) is 9.37. The highest BCUT2D eigenvalue weighted by Gasteiger charge is 2.43. The van der Waals surface area contributed by atoms with Gasteiger partial charge in [0.1, 0.15) is 47.8 Å². The lowest BCUT2D eigenvalue weighted by Gasteiger charge is -2.32. The van der Waals surface area contributed by atoms with Gasteiger partial charge in [-0.15, -0.1) is 0 Å². The van der Waals surface area contributed by atoms with Gasteiger partial charge in [0.2, 0.25) is 35.4 Å². The quantitative estimate of drug-likeness (QED) is 0.0984. The summed E-state index contributed by atoms with van der Waals surface area (Å²) in [5, 5.41) is 36.4. The van der Waals surface area contributed by atoms with Gasteiger partial charge in [0.25, 0.3) is 5.91 Å². The van der Waals surface area contributed by atoms with Crippen LogP contribution in [0.15, 0.2) is 60.7 Å². The number of aromatic hydroxyl groups is 1. The number of nitrogens with zero attached hydrogens (tertiary/aromatic N) is 2. The van der Waals surface area contributed by atoms with Gasteiger partial charge in [-0.1, -0.05) is 50.5 Å². The van der Waals surface area contributed by atoms with Crippen molar-refractivity contribution in [2.24, 2.45) is 11.5 Å². The molecule has 70 heavy (non-hydrogen) atoms. The lowest BCUT2D eigenvalue weighted by Crippen LogP contribution is -2.61. The van der Waals surface area contributed by atoms with Crippen molar-refractivity contribution in [2.75, 3.05) is 32.8 Å². The van der Waals surface area contributed by atoms with Crippen molar-refractivity contribution in [3.63, 3.8) is 0 Å². The normalized spacial score (nSPS) is 24.7. The van der Waals surface area contributed by atoms with Crippen molar-refractivity contribution in [1.29, 1.82) is 0 Å². The van der Waals surface area contributed by atoms with Crippen LogP contribution in [0.25, 0.3) is 10.8 Å². The summed E-state index contributed by atoms with van der Waals surface area (Å²) in [5.41, 5.74) is 13.2. The number of carbonyl (C=O) groups is 7. The number of unbranched alkanes of at least 4 members (excludes halogenated alkanes) is 3. The number of phenolic OH excluding ortho intramolecular Hbond substituents is 1. The summed E-state index contributed by atoms with van der Waals surface area (Å²) in [5.74, 6) is -3.70. The van der Waals surface area contributed by atoms with Gasteiger partial charge in [0, 0.05) is 31.2 Å². The van der Waals surface area contributed by atoms with Crippen LogP contribution in [-0.2, 0) is 35.2 Å². The van der Waals surface area contributed by atoms with Gasteiger partial charge in [-0.05, 0) is 130 Å². The van der Waals surface area contributed by atoms with Crippen LogP contribution in [0.4, 0.5) is 0 Å². The largest absolute Gasteiger partial charge is 0.508 e. The summed E-state index contributed by atoms with van der Waals surface area (Å²) < 4.78 is 5.95. The van der Waals surface area contributed by atoms with Crippen LogP contribution in [0, 0.1) is 0 Å². The van der Waals surface area contributed by atoms with Gasteiger partial charge < -0.3 is 62.8 Å². The molecule has 0 aromatic heterocycles. The first-order chi connectivity index (χ1) is 33.7. The highest BCUT2D eigenvalue weighted by Crippen LogP contribution is 2.25. The maximum atomic E-state index is 14.4. The zero-order valence-corrected chi connectivity index (χ0v) is 40.3. The van der Waals surface area contributed by atoms with Gasteiger partial charge in [-0.3, -0.25) is 33.6 Å². The molecule has 380 valence electrons. The number of aryl methyl sites for hydroxylation is 1. The third kappa shape index (κ3) is 14.2. The minimum Gasteiger partial charge on any atom is -0.508 e. The first-order valence-electron chi connectivity index (χ1n) is 24.9. The first-order valence-corrected chi connectivity index (χ1v) is 24.9. The summed E-state index contributed by atoms with van der Waals surface area (Å²) in [6, 6.07) is 9.36. The van der Waals surface area contributed by atoms with Crippen LogP contribution in [0.3, 0.4) is 0 Å². The van der Waals surface area contributed by atoms with Crippen LogP contribution in [0.1, 0.15) is 107 Å². The van der Waals surface area contributed by atoms with Gasteiger partial charge >= 0.3 is 0 Å². The summed E-state index contributed by atoms with van der Waals surface area (Å²) in [6.07, 6.45) is 4.64. The van der Waals surface area contributed by atoms with Crippen molar-refractivity contribution in [3.8, 4) is 11.5 Å². The summed E-state index contributed by atoms with van der Waals surface area (Å²) in [6.45, 7) is 4.48. The highest BCUT2D eigenvalue weighted by molar-refractivity contribution is 6.02. The number of aliphatic hydroxyl groups is 1. The van der Waals surface area contributed by atoms with E-state index in [1.54, 1.807) is 30.3 Å². The number of aliphatic hydroxyl groups excluding tert-OH is 1. The molecule has 0 bridgehead atoms. The molecule has 3 fully saturated rings. The van der Waals surface area contributed by atoms with E-state index >= 15 is 0 Å². The minimum absolute atomic E-state index is 0.00852. The molecule has 7 amide bonds. The van der Waals surface area contributed by atoms with Gasteiger partial charge in [0.15, 0.2) is 0 Å². The Morgan fingerprint density at radius 1 is 0.800 bits per heavy atom. The Morgan fingerprint density at radius 2 is 1.54 bits per heavy atom. The lowest BCUT2D eigenvalue weighted by molar-refractivity contribution is -0.144. The molecule has 11 N–H and O–H groups in total. The number of hydrogen-bond acceptors (Lipinski definition) is 12. The summed E-state index contributed by atoms with van der Waals surface area (Å²) >= 11 is 0. The third-order valence-electron chi connectivity index (χ3n) is 13.3. The standard InChI is InChI=1S/C51H71N9O10/c1-3-4-5-6-26-70-38-21-18-33-27-35(17-16-34(33)28-38)45(63)55-39-11-8-24-54-48(66)43-29-36(53)30-60(43)50(68)41(10-7-23-52)57-46(64)40(22-15-32-13-19-37(62)20-14-32)56-49(67)42-12-9-25-59(42)51(69)44(31(2)61)58-47(39)65/h13-14,16-21,27-28,31,36,39-44,61-62H,3-12,15,22-26,29-30,52-53H2,1-2H3,(H,54,66)(H,55,63)(H,56,67)(H,57,64)(H,58,65)/t31?,36?,39-,40-,41-,42-,43-,44-/m0/s1. The van der Waals surface area contributed by atoms with E-state index < -0.39 is 89.7 Å². The van der Waals surface area contributed by atoms with E-state index in [4.69, 9.17) is 16.2 Å². The monoisotopic (exact) mass is 970 g/mol. The number of fused-ring (bicyclic) bond motifs is 3. The number of hydrogen-bond donors (Lipinski definition) is 9. The van der Waals surface area contributed by atoms with E-state index in [-0.39, 0.29) is 82.4 Å². The predicted octanol–water partition coefficient (Wildman–Crippen LogP) is 1.64. The first kappa shape index (κ1) is 53.0. The van der Waals surface area contributed by atoms with E-state index in [1.165, 1.54) is 28.9 Å². The Hall–Kier alpha value is -6.31. The number of nitrogens with one attached hydrogen (secondary N) is 5. The molecular weight excluding hydrogens is 899 g/mol. The molecule has 3 aromatic rings. The number of phenols is 1. The third-order valence-corrected chi connectivity index (χ3v) is 13.3. The maximum absolute atomic E-state index is 14.4. The van der Waals surface area contributed by atoms with Gasteiger partial charge in [0.05, 0.1) is 12.7 Å². The predicted molar refractivity (Wildman–Crippen MR) is 262 cm³/mol. The van der Waals surface area contributed by atoms with Crippen molar-refractivity contribution in [1.82, 2.24) is 36.4 Å². The Labute approximate surface area is 409 Å². The average molecular weight is 970 g/mol. The molecule has 0 aliphatic carbocycles. The van der Waals surface area contributed by atoms with E-state index in [2.05, 4.69) is 33.5 Å². The Morgan fingerprint density at radius 3 is 2.29 bits per heavy atom. The van der Waals surface area contributed by atoms with Crippen LogP contribution in [-0.4, -0.2) is 143 Å². The Balaban J connectivity index is 1.27. The molecule has 8 atom stereocenters. The van der Waals surface area contributed by atoms with Gasteiger partial charge in [-0.2, -0.15) is 0 Å². The SMILES string of the molecule is CCCCCCOc1ccc2cc(C(=O)N[C@H]3CCCNC(=O)[C@@H]4CC(N)CN4C(=O)[C@H](CCCN)NC(=O)[C@H](CCc4ccc(O)cc4)NC(=O)[C@@H]4CCCN4C(=O)[C@H](C(C)O)NC3=O)ccc2c1. The smallest absolute Gasteiger partial charge is 0.251 e. The van der Waals surface area contributed by atoms with Crippen molar-refractivity contribution >= 4 is 52.1 Å². The second-order valence-corrected chi connectivity index (χ2v) is 18.8. The molecule has 6 rings (SSSR count). The zero-order valence-electron chi connectivity index (χ0n) is 40.3. The van der Waals surface area contributed by atoms with Gasteiger partial charge in [-0.25, -0.2) is 0 Å². The molecule has 0 spiro atoms. The van der Waals surface area contributed by atoms with Crippen LogP contribution < -0.4 is 42.8 Å². The van der Waals surface area contributed by atoms with Crippen LogP contribution in [0.5, 0.6) is 11.5 Å². The molecule has 3 aliphatic rings. The van der Waals surface area contributed by atoms with E-state index in [0.29, 0.717) is 25.2 Å². The van der Waals surface area contributed by atoms with E-state index in [0.717, 1.165) is 42.0 Å². The van der Waals surface area contributed by atoms with E-state index in [9.17, 15) is 43.8 Å². The van der Waals surface area contributed by atoms with Crippen molar-refractivity contribution in [3.05, 3.63) is 71.8 Å². The number of rotatable bonds is 15. The number of carbonyl (C=O) groups excluding carboxylic acids is 7. The summed E-state index contributed by atoms with van der Waals surface area (Å²) in [7, 11) is 0. The van der Waals surface area contributed by atoms with Crippen LogP contribution in [0.2, 0.25) is 0 Å². The Bertz CT molecular complexity index is 2310. The average Bonchev–Trinajstić information content (AvgIpc) is 4.01. The molecule has 3 heterocycles. The van der Waals surface area contributed by atoms with Crippen LogP contribution >= 0.6 is 0 Å². The lowest BCUT2D eigenvalue weighted by atomic mass is 10.0. The molecule has 19 heteroatoms. The molecule has 3 aromatic carbocycles. The number of benzene rings is 3. The number of ether oxygens (including phenoxy) is 1. The molecule has 0 radical (unpaired) electrons. The second kappa shape index (κ2) is 25.5. The fourth-order valence-electron chi connectivity index (χ4n) is 9.37. The Kier molecular flexibility index (Phi) is 19.3.